The number of hydrogen-bond donors (Lipinski definition) is 1. The normalized spacial score (nSPS) is 16.1. The first kappa shape index (κ1) is 18.0. The molecule has 0 saturated heterocycles. The summed E-state index contributed by atoms with van der Waals surface area (Å²) in [5.74, 6) is 0.304. The lowest BCUT2D eigenvalue weighted by molar-refractivity contribution is -0.143. The number of amides is 1. The summed E-state index contributed by atoms with van der Waals surface area (Å²) in [4.78, 5) is 26.0. The molecular formula is C20H20N4O4. The lowest BCUT2D eigenvalue weighted by Gasteiger charge is -2.32. The zero-order chi connectivity index (χ0) is 19.8. The molecule has 2 aromatic heterocycles. The predicted molar refractivity (Wildman–Crippen MR) is 99.6 cm³/mol. The number of furan rings is 1. The number of rotatable bonds is 4. The van der Waals surface area contributed by atoms with Crippen LogP contribution in [-0.2, 0) is 24.3 Å². The van der Waals surface area contributed by atoms with Crippen LogP contribution in [0.25, 0.3) is 11.3 Å². The average molecular weight is 380 g/mol. The van der Waals surface area contributed by atoms with Crippen molar-refractivity contribution in [1.29, 1.82) is 0 Å². The second kappa shape index (κ2) is 6.95. The second-order valence-corrected chi connectivity index (χ2v) is 6.78. The molecule has 1 aliphatic rings. The van der Waals surface area contributed by atoms with Crippen molar-refractivity contribution >= 4 is 11.9 Å². The molecule has 0 fully saturated rings. The molecule has 1 amide bonds. The third-order valence-corrected chi connectivity index (χ3v) is 5.07. The molecule has 8 nitrogen and oxygen atoms in total. The van der Waals surface area contributed by atoms with Crippen LogP contribution < -0.4 is 0 Å². The Hall–Kier alpha value is -3.42. The minimum Gasteiger partial charge on any atom is -0.480 e. The fourth-order valence-corrected chi connectivity index (χ4v) is 3.39. The fourth-order valence-electron chi connectivity index (χ4n) is 3.39. The minimum atomic E-state index is -1.07. The summed E-state index contributed by atoms with van der Waals surface area (Å²) < 4.78 is 7.48. The van der Waals surface area contributed by atoms with Crippen molar-refractivity contribution in [1.82, 2.24) is 19.7 Å². The number of benzene rings is 1. The van der Waals surface area contributed by atoms with E-state index in [0.717, 1.165) is 12.0 Å². The molecule has 144 valence electrons. The van der Waals surface area contributed by atoms with E-state index in [0.29, 0.717) is 17.4 Å². The molecule has 4 rings (SSSR count). The van der Waals surface area contributed by atoms with Gasteiger partial charge in [-0.2, -0.15) is 0 Å². The number of aromatic nitrogens is 3. The van der Waals surface area contributed by atoms with Gasteiger partial charge in [-0.15, -0.1) is 10.2 Å². The molecule has 1 N–H and O–H groups in total. The molecule has 1 atom stereocenters. The van der Waals surface area contributed by atoms with Gasteiger partial charge in [-0.1, -0.05) is 31.2 Å². The van der Waals surface area contributed by atoms with Crippen molar-refractivity contribution in [3.63, 3.8) is 0 Å². The Bertz CT molecular complexity index is 1030. The van der Waals surface area contributed by atoms with Gasteiger partial charge in [0, 0.05) is 5.56 Å². The van der Waals surface area contributed by atoms with Gasteiger partial charge in [0.05, 0.1) is 13.1 Å². The van der Waals surface area contributed by atoms with Crippen LogP contribution in [0.4, 0.5) is 0 Å². The van der Waals surface area contributed by atoms with E-state index in [1.165, 1.54) is 10.5 Å². The van der Waals surface area contributed by atoms with E-state index in [1.807, 2.05) is 24.3 Å². The predicted octanol–water partition coefficient (Wildman–Crippen LogP) is 2.52. The molecule has 0 saturated carbocycles. The Labute approximate surface area is 161 Å². The highest BCUT2D eigenvalue weighted by molar-refractivity contribution is 5.95. The van der Waals surface area contributed by atoms with Crippen LogP contribution in [0.5, 0.6) is 0 Å². The van der Waals surface area contributed by atoms with Crippen LogP contribution in [0.15, 0.2) is 40.8 Å². The third-order valence-electron chi connectivity index (χ3n) is 5.07. The van der Waals surface area contributed by atoms with Gasteiger partial charge in [0.2, 0.25) is 0 Å². The van der Waals surface area contributed by atoms with Gasteiger partial charge in [-0.3, -0.25) is 4.79 Å². The number of fused-ring (bicyclic) bond motifs is 1. The lowest BCUT2D eigenvalue weighted by atomic mass is 10.1. The highest BCUT2D eigenvalue weighted by Crippen LogP contribution is 2.26. The average Bonchev–Trinajstić information content (AvgIpc) is 3.34. The third kappa shape index (κ3) is 3.06. The van der Waals surface area contributed by atoms with Crippen molar-refractivity contribution in [2.24, 2.45) is 0 Å². The van der Waals surface area contributed by atoms with Crippen molar-refractivity contribution in [2.45, 2.75) is 39.4 Å². The van der Waals surface area contributed by atoms with Crippen LogP contribution in [0, 0.1) is 6.92 Å². The summed E-state index contributed by atoms with van der Waals surface area (Å²) in [6.07, 6.45) is 0.942. The number of carbonyl (C=O) groups excluding carboxylic acids is 1. The van der Waals surface area contributed by atoms with Crippen LogP contribution in [-0.4, -0.2) is 42.7 Å². The zero-order valence-corrected chi connectivity index (χ0v) is 15.6. The Kier molecular flexibility index (Phi) is 4.46. The van der Waals surface area contributed by atoms with E-state index < -0.39 is 17.9 Å². The monoisotopic (exact) mass is 380 g/mol. The van der Waals surface area contributed by atoms with Gasteiger partial charge >= 0.3 is 5.97 Å². The first-order chi connectivity index (χ1) is 13.5. The minimum absolute atomic E-state index is 0.0673. The van der Waals surface area contributed by atoms with E-state index >= 15 is 0 Å². The van der Waals surface area contributed by atoms with Crippen molar-refractivity contribution in [2.75, 3.05) is 0 Å². The van der Waals surface area contributed by atoms with Gasteiger partial charge in [-0.25, -0.2) is 4.79 Å². The maximum Gasteiger partial charge on any atom is 0.328 e. The highest BCUT2D eigenvalue weighted by Gasteiger charge is 2.37. The van der Waals surface area contributed by atoms with Gasteiger partial charge in [0.1, 0.15) is 17.6 Å². The second-order valence-electron chi connectivity index (χ2n) is 6.78. The quantitative estimate of drug-likeness (QED) is 0.746. The maximum absolute atomic E-state index is 13.0. The number of carboxylic acid groups (broad SMARTS) is 1. The number of aliphatic carboxylic acids is 1. The topological polar surface area (TPSA) is 101 Å². The Morgan fingerprint density at radius 2 is 1.93 bits per heavy atom. The lowest BCUT2D eigenvalue weighted by Crippen LogP contribution is -2.50. The van der Waals surface area contributed by atoms with Gasteiger partial charge in [0.15, 0.2) is 11.6 Å². The van der Waals surface area contributed by atoms with E-state index in [-0.39, 0.29) is 18.8 Å². The highest BCUT2D eigenvalue weighted by atomic mass is 16.4. The smallest absolute Gasteiger partial charge is 0.328 e. The fraction of sp³-hybridized carbons (Fsp3) is 0.300. The first-order valence-electron chi connectivity index (χ1n) is 9.09. The van der Waals surface area contributed by atoms with Crippen molar-refractivity contribution in [3.8, 4) is 11.3 Å². The molecule has 0 spiro atoms. The van der Waals surface area contributed by atoms with Gasteiger partial charge in [0.25, 0.3) is 5.91 Å². The number of carboxylic acids is 1. The number of aryl methyl sites for hydroxylation is 2. The van der Waals surface area contributed by atoms with Crippen molar-refractivity contribution < 1.29 is 19.1 Å². The summed E-state index contributed by atoms with van der Waals surface area (Å²) in [6.45, 7) is 4.02. The summed E-state index contributed by atoms with van der Waals surface area (Å²) in [6, 6.07) is 10.2. The summed E-state index contributed by atoms with van der Waals surface area (Å²) in [5.41, 5.74) is 2.07. The van der Waals surface area contributed by atoms with Crippen molar-refractivity contribution in [3.05, 3.63) is 59.4 Å². The van der Waals surface area contributed by atoms with E-state index in [1.54, 1.807) is 23.6 Å². The Morgan fingerprint density at radius 1 is 1.18 bits per heavy atom. The molecule has 1 unspecified atom stereocenters. The molecule has 28 heavy (non-hydrogen) atoms. The van der Waals surface area contributed by atoms with E-state index in [2.05, 4.69) is 17.1 Å². The van der Waals surface area contributed by atoms with Crippen LogP contribution >= 0.6 is 0 Å². The van der Waals surface area contributed by atoms with Crippen LogP contribution in [0.3, 0.4) is 0 Å². The zero-order valence-electron chi connectivity index (χ0n) is 15.6. The maximum atomic E-state index is 13.0. The van der Waals surface area contributed by atoms with Gasteiger partial charge < -0.3 is 19.0 Å². The van der Waals surface area contributed by atoms with Gasteiger partial charge in [-0.05, 0) is 31.0 Å². The largest absolute Gasteiger partial charge is 0.480 e. The Morgan fingerprint density at radius 3 is 2.61 bits per heavy atom. The number of nitrogens with zero attached hydrogens (tertiary/aromatic N) is 4. The molecule has 0 aliphatic carbocycles. The molecule has 3 heterocycles. The molecule has 8 heteroatoms. The molecule has 0 bridgehead atoms. The van der Waals surface area contributed by atoms with Crippen LogP contribution in [0.1, 0.15) is 34.7 Å². The summed E-state index contributed by atoms with van der Waals surface area (Å²) >= 11 is 0. The van der Waals surface area contributed by atoms with E-state index in [9.17, 15) is 14.7 Å². The summed E-state index contributed by atoms with van der Waals surface area (Å²) in [5, 5.41) is 17.6. The van der Waals surface area contributed by atoms with Crippen LogP contribution in [0.2, 0.25) is 0 Å². The summed E-state index contributed by atoms with van der Waals surface area (Å²) in [7, 11) is 0. The molecule has 1 aromatic carbocycles. The molecule has 1 aliphatic heterocycles. The molecular weight excluding hydrogens is 360 g/mol. The number of hydrogen-bond acceptors (Lipinski definition) is 5. The number of carbonyl (C=O) groups is 2. The molecule has 0 radical (unpaired) electrons. The first-order valence-corrected chi connectivity index (χ1v) is 9.09. The standard InChI is InChI=1S/C20H20N4O4/c1-3-13-4-6-14(7-5-13)16-8-9-17(28-16)19(25)24-11-18-22-21-12(2)23(18)10-15(24)20(26)27/h4-9,15H,3,10-11H2,1-2H3,(H,26,27). The van der Waals surface area contributed by atoms with E-state index in [4.69, 9.17) is 4.42 Å². The molecule has 3 aromatic rings. The SMILES string of the molecule is CCc1ccc(-c2ccc(C(=O)N3Cc4nnc(C)n4CC3C(=O)O)o2)cc1. The Balaban J connectivity index is 1.61.